The molecule has 0 fully saturated rings. The van der Waals surface area contributed by atoms with Crippen LogP contribution in [0.2, 0.25) is 0 Å². The lowest BCUT2D eigenvalue weighted by atomic mass is 9.87. The fraction of sp³-hybridized carbons (Fsp3) is 0.208. The van der Waals surface area contributed by atoms with Crippen molar-refractivity contribution < 1.29 is 4.79 Å². The summed E-state index contributed by atoms with van der Waals surface area (Å²) < 4.78 is 0. The fourth-order valence-corrected chi connectivity index (χ4v) is 4.15. The Bertz CT molecular complexity index is 1200. The lowest BCUT2D eigenvalue weighted by molar-refractivity contribution is -0.118. The number of nitrogens with two attached hydrogens (primary N) is 1. The maximum Gasteiger partial charge on any atom is 0.233 e. The third-order valence-corrected chi connectivity index (χ3v) is 5.93. The molecule has 3 N–H and O–H groups in total. The molecule has 4 rings (SSSR count). The Balaban J connectivity index is 1.49. The van der Waals surface area contributed by atoms with Gasteiger partial charge in [0.1, 0.15) is 5.82 Å². The van der Waals surface area contributed by atoms with Gasteiger partial charge in [-0.1, -0.05) is 38.1 Å². The molecule has 1 unspecified atom stereocenters. The number of benzene rings is 1. The summed E-state index contributed by atoms with van der Waals surface area (Å²) >= 11 is 1.60. The highest BCUT2D eigenvalue weighted by atomic mass is 32.1. The minimum Gasteiger partial charge on any atom is -0.368 e. The summed E-state index contributed by atoms with van der Waals surface area (Å²) in [6, 6.07) is 11.6. The Morgan fingerprint density at radius 1 is 0.938 bits per heavy atom. The van der Waals surface area contributed by atoms with Gasteiger partial charge in [-0.05, 0) is 36.1 Å². The standard InChI is InChI=1S/C24H24N6OS/c1-14(2)22(17-6-4-16(5-7-17)19-11-27-24(25)28-12-19)23(31)30-21-9-8-18(10-26-21)20-13-32-15(3)29-20/h4-14,22H,1-3H3,(H2,25,27,28)(H,26,30,31). The second-order valence-corrected chi connectivity index (χ2v) is 8.91. The van der Waals surface area contributed by atoms with E-state index >= 15 is 0 Å². The molecule has 0 saturated carbocycles. The second kappa shape index (κ2) is 9.23. The second-order valence-electron chi connectivity index (χ2n) is 7.85. The van der Waals surface area contributed by atoms with Crippen LogP contribution in [0.4, 0.5) is 11.8 Å². The number of rotatable bonds is 6. The van der Waals surface area contributed by atoms with E-state index in [0.717, 1.165) is 33.0 Å². The molecular formula is C24H24N6OS. The number of carbonyl (C=O) groups excluding carboxylic acids is 1. The highest BCUT2D eigenvalue weighted by Crippen LogP contribution is 2.29. The lowest BCUT2D eigenvalue weighted by Crippen LogP contribution is -2.25. The Labute approximate surface area is 190 Å². The van der Waals surface area contributed by atoms with Crippen molar-refractivity contribution in [3.8, 4) is 22.4 Å². The van der Waals surface area contributed by atoms with Gasteiger partial charge >= 0.3 is 0 Å². The van der Waals surface area contributed by atoms with Gasteiger partial charge in [0.2, 0.25) is 11.9 Å². The number of aryl methyl sites for hydroxylation is 1. The summed E-state index contributed by atoms with van der Waals surface area (Å²) in [5.74, 6) is 0.470. The molecule has 0 aliphatic heterocycles. The number of carbonyl (C=O) groups is 1. The van der Waals surface area contributed by atoms with Crippen LogP contribution in [0.25, 0.3) is 22.4 Å². The van der Waals surface area contributed by atoms with E-state index < -0.39 is 0 Å². The van der Waals surface area contributed by atoms with Crippen molar-refractivity contribution in [3.63, 3.8) is 0 Å². The monoisotopic (exact) mass is 444 g/mol. The molecule has 8 heteroatoms. The van der Waals surface area contributed by atoms with E-state index in [1.807, 2.05) is 62.5 Å². The van der Waals surface area contributed by atoms with E-state index in [1.54, 1.807) is 29.9 Å². The van der Waals surface area contributed by atoms with E-state index in [-0.39, 0.29) is 23.7 Å². The molecule has 32 heavy (non-hydrogen) atoms. The molecule has 0 saturated heterocycles. The molecule has 4 aromatic rings. The first kappa shape index (κ1) is 21.6. The maximum atomic E-state index is 13.1. The van der Waals surface area contributed by atoms with Crippen molar-refractivity contribution >= 4 is 29.0 Å². The number of hydrogen-bond acceptors (Lipinski definition) is 7. The number of pyridine rings is 1. The van der Waals surface area contributed by atoms with E-state index in [0.29, 0.717) is 5.82 Å². The zero-order valence-corrected chi connectivity index (χ0v) is 18.9. The quantitative estimate of drug-likeness (QED) is 0.437. The van der Waals surface area contributed by atoms with Crippen molar-refractivity contribution in [3.05, 3.63) is 70.9 Å². The molecule has 0 aliphatic rings. The number of amides is 1. The third kappa shape index (κ3) is 4.81. The Morgan fingerprint density at radius 2 is 1.59 bits per heavy atom. The summed E-state index contributed by atoms with van der Waals surface area (Å²) in [5.41, 5.74) is 10.2. The Kier molecular flexibility index (Phi) is 6.23. The van der Waals surface area contributed by atoms with Gasteiger partial charge in [-0.2, -0.15) is 0 Å². The number of nitrogens with one attached hydrogen (secondary N) is 1. The van der Waals surface area contributed by atoms with Crippen LogP contribution in [-0.2, 0) is 4.79 Å². The average molecular weight is 445 g/mol. The van der Waals surface area contributed by atoms with Crippen molar-refractivity contribution in [2.24, 2.45) is 5.92 Å². The Morgan fingerprint density at radius 3 is 2.16 bits per heavy atom. The number of thiazole rings is 1. The first-order valence-electron chi connectivity index (χ1n) is 10.3. The molecule has 0 aliphatic carbocycles. The topological polar surface area (TPSA) is 107 Å². The SMILES string of the molecule is Cc1nc(-c2ccc(NC(=O)C(c3ccc(-c4cnc(N)nc4)cc3)C(C)C)nc2)cs1. The van der Waals surface area contributed by atoms with Gasteiger partial charge in [0.15, 0.2) is 0 Å². The lowest BCUT2D eigenvalue weighted by Gasteiger charge is -2.21. The minimum absolute atomic E-state index is 0.0895. The van der Waals surface area contributed by atoms with E-state index in [9.17, 15) is 4.79 Å². The highest BCUT2D eigenvalue weighted by Gasteiger charge is 2.24. The molecule has 1 aromatic carbocycles. The van der Waals surface area contributed by atoms with Crippen LogP contribution < -0.4 is 11.1 Å². The van der Waals surface area contributed by atoms with Crippen molar-refractivity contribution in [2.45, 2.75) is 26.7 Å². The van der Waals surface area contributed by atoms with Gasteiger partial charge in [0.05, 0.1) is 16.6 Å². The number of hydrogen-bond donors (Lipinski definition) is 2. The average Bonchev–Trinajstić information content (AvgIpc) is 3.21. The van der Waals surface area contributed by atoms with Crippen molar-refractivity contribution in [2.75, 3.05) is 11.1 Å². The normalized spacial score (nSPS) is 12.0. The predicted molar refractivity (Wildman–Crippen MR) is 128 cm³/mol. The zero-order valence-electron chi connectivity index (χ0n) is 18.1. The molecule has 3 heterocycles. The van der Waals surface area contributed by atoms with Gasteiger partial charge in [0, 0.05) is 35.1 Å². The van der Waals surface area contributed by atoms with Crippen LogP contribution in [0.15, 0.2) is 60.4 Å². The van der Waals surface area contributed by atoms with Crippen molar-refractivity contribution in [1.29, 1.82) is 0 Å². The van der Waals surface area contributed by atoms with E-state index in [1.165, 1.54) is 0 Å². The van der Waals surface area contributed by atoms with E-state index in [4.69, 9.17) is 5.73 Å². The highest BCUT2D eigenvalue weighted by molar-refractivity contribution is 7.09. The van der Waals surface area contributed by atoms with Crippen LogP contribution in [0.3, 0.4) is 0 Å². The number of nitrogen functional groups attached to an aromatic ring is 1. The smallest absolute Gasteiger partial charge is 0.233 e. The zero-order chi connectivity index (χ0) is 22.7. The maximum absolute atomic E-state index is 13.1. The molecule has 0 bridgehead atoms. The number of aromatic nitrogens is 4. The molecule has 0 spiro atoms. The predicted octanol–water partition coefficient (Wildman–Crippen LogP) is 4.93. The first-order valence-corrected chi connectivity index (χ1v) is 11.2. The molecule has 1 amide bonds. The van der Waals surface area contributed by atoms with Gasteiger partial charge in [-0.25, -0.2) is 19.9 Å². The number of nitrogens with zero attached hydrogens (tertiary/aromatic N) is 4. The molecule has 1 atom stereocenters. The van der Waals surface area contributed by atoms with Gasteiger partial charge < -0.3 is 11.1 Å². The molecule has 0 radical (unpaired) electrons. The van der Waals surface area contributed by atoms with Gasteiger partial charge in [-0.3, -0.25) is 4.79 Å². The van der Waals surface area contributed by atoms with Gasteiger partial charge in [-0.15, -0.1) is 11.3 Å². The molecule has 162 valence electrons. The summed E-state index contributed by atoms with van der Waals surface area (Å²) in [6.07, 6.45) is 5.11. The van der Waals surface area contributed by atoms with Gasteiger partial charge in [0.25, 0.3) is 0 Å². The molecular weight excluding hydrogens is 420 g/mol. The summed E-state index contributed by atoms with van der Waals surface area (Å²) in [7, 11) is 0. The Hall–Kier alpha value is -3.65. The van der Waals surface area contributed by atoms with Crippen LogP contribution >= 0.6 is 11.3 Å². The number of anilines is 2. The van der Waals surface area contributed by atoms with Crippen LogP contribution in [0.5, 0.6) is 0 Å². The fourth-order valence-electron chi connectivity index (χ4n) is 3.53. The van der Waals surface area contributed by atoms with E-state index in [2.05, 4.69) is 25.3 Å². The molecule has 3 aromatic heterocycles. The third-order valence-electron chi connectivity index (χ3n) is 5.15. The molecule has 7 nitrogen and oxygen atoms in total. The van der Waals surface area contributed by atoms with Crippen molar-refractivity contribution in [1.82, 2.24) is 19.9 Å². The largest absolute Gasteiger partial charge is 0.368 e. The minimum atomic E-state index is -0.311. The summed E-state index contributed by atoms with van der Waals surface area (Å²) in [6.45, 7) is 6.04. The van der Waals surface area contributed by atoms with Crippen LogP contribution in [0.1, 0.15) is 30.3 Å². The van der Waals surface area contributed by atoms with Crippen LogP contribution in [-0.4, -0.2) is 25.8 Å². The summed E-state index contributed by atoms with van der Waals surface area (Å²) in [5, 5.41) is 5.96. The first-order chi connectivity index (χ1) is 15.4. The van der Waals surface area contributed by atoms with Crippen LogP contribution in [0, 0.1) is 12.8 Å². The summed E-state index contributed by atoms with van der Waals surface area (Å²) in [4.78, 5) is 30.1.